The van der Waals surface area contributed by atoms with Gasteiger partial charge in [-0.2, -0.15) is 0 Å². The van der Waals surface area contributed by atoms with Gasteiger partial charge in [-0.1, -0.05) is 59.1 Å². The minimum Gasteiger partial charge on any atom is -0.478 e. The van der Waals surface area contributed by atoms with Crippen LogP contribution in [0.1, 0.15) is 31.8 Å². The number of benzene rings is 3. The normalized spacial score (nSPS) is 12.2. The number of rotatable bonds is 8. The van der Waals surface area contributed by atoms with Crippen LogP contribution in [0.15, 0.2) is 72.8 Å². The molecule has 0 aliphatic rings. The number of esters is 2. The van der Waals surface area contributed by atoms with Gasteiger partial charge in [0.2, 0.25) is 12.2 Å². The van der Waals surface area contributed by atoms with Gasteiger partial charge in [0, 0.05) is 0 Å². The summed E-state index contributed by atoms with van der Waals surface area (Å²) in [4.78, 5) is 50.7. The monoisotopic (exact) mass is 495 g/mol. The first kappa shape index (κ1) is 25.5. The average molecular weight is 496 g/mol. The van der Waals surface area contributed by atoms with E-state index in [9.17, 15) is 24.3 Å². The van der Waals surface area contributed by atoms with Gasteiger partial charge in [0.25, 0.3) is 5.91 Å². The van der Waals surface area contributed by atoms with Gasteiger partial charge in [-0.25, -0.2) is 14.4 Å². The van der Waals surface area contributed by atoms with E-state index >= 15 is 0 Å². The third-order valence-corrected chi connectivity index (χ3v) is 5.21. The minimum absolute atomic E-state index is 0.0755. The summed E-state index contributed by atoms with van der Waals surface area (Å²) in [5, 5.41) is 12.4. The zero-order valence-corrected chi connectivity index (χ0v) is 19.6. The maximum atomic E-state index is 13.1. The van der Waals surface area contributed by atoms with Crippen molar-refractivity contribution >= 4 is 41.1 Å². The molecule has 0 aromatic heterocycles. The molecule has 0 fully saturated rings. The molecular weight excluding hydrogens is 474 g/mol. The number of aliphatic carboxylic acids is 1. The zero-order valence-electron chi connectivity index (χ0n) is 18.9. The molecule has 8 nitrogen and oxygen atoms in total. The molecule has 0 spiro atoms. The molecule has 0 saturated heterocycles. The Morgan fingerprint density at radius 3 is 1.77 bits per heavy atom. The average Bonchev–Trinajstić information content (AvgIpc) is 2.82. The fourth-order valence-electron chi connectivity index (χ4n) is 3.17. The highest BCUT2D eigenvalue weighted by atomic mass is 35.5. The van der Waals surface area contributed by atoms with E-state index in [2.05, 4.69) is 5.32 Å². The van der Waals surface area contributed by atoms with Gasteiger partial charge < -0.3 is 19.9 Å². The molecule has 35 heavy (non-hydrogen) atoms. The minimum atomic E-state index is -2.14. The number of carboxylic acids is 1. The lowest BCUT2D eigenvalue weighted by Crippen LogP contribution is -2.48. The van der Waals surface area contributed by atoms with Crippen LogP contribution in [-0.4, -0.2) is 41.1 Å². The molecule has 3 aromatic carbocycles. The van der Waals surface area contributed by atoms with Crippen molar-refractivity contribution in [1.82, 2.24) is 0 Å². The zero-order chi connectivity index (χ0) is 25.5. The summed E-state index contributed by atoms with van der Waals surface area (Å²) in [5.74, 6) is -4.68. The number of anilines is 1. The van der Waals surface area contributed by atoms with Crippen molar-refractivity contribution in [3.8, 4) is 0 Å². The summed E-state index contributed by atoms with van der Waals surface area (Å²) in [6.07, 6.45) is -4.16. The SMILES string of the molecule is Cc1cccc(C(=O)O[C@H](C(=O)Nc2ccccc2Cl)[C@@H](OC(=O)c2cccc(C)c2)C(=O)O)c1. The molecule has 2 atom stereocenters. The van der Waals surface area contributed by atoms with Crippen LogP contribution in [-0.2, 0) is 19.1 Å². The number of carboxylic acid groups (broad SMARTS) is 1. The molecule has 3 aromatic rings. The summed E-state index contributed by atoms with van der Waals surface area (Å²) in [7, 11) is 0. The summed E-state index contributed by atoms with van der Waals surface area (Å²) >= 11 is 6.09. The first-order chi connectivity index (χ1) is 16.7. The van der Waals surface area contributed by atoms with Gasteiger partial charge in [0.15, 0.2) is 0 Å². The Morgan fingerprint density at radius 2 is 1.29 bits per heavy atom. The quantitative estimate of drug-likeness (QED) is 0.443. The number of ether oxygens (including phenoxy) is 2. The Balaban J connectivity index is 1.93. The summed E-state index contributed by atoms with van der Waals surface area (Å²) < 4.78 is 10.5. The molecular formula is C26H22ClNO7. The van der Waals surface area contributed by atoms with E-state index in [-0.39, 0.29) is 21.8 Å². The predicted octanol–water partition coefficient (Wildman–Crippen LogP) is 4.43. The molecule has 9 heteroatoms. The number of carbonyl (C=O) groups is 4. The topological polar surface area (TPSA) is 119 Å². The fraction of sp³-hybridized carbons (Fsp3) is 0.154. The van der Waals surface area contributed by atoms with Crippen molar-refractivity contribution in [2.24, 2.45) is 0 Å². The number of para-hydroxylation sites is 1. The van der Waals surface area contributed by atoms with Crippen LogP contribution in [0.3, 0.4) is 0 Å². The van der Waals surface area contributed by atoms with Crippen molar-refractivity contribution < 1.29 is 33.8 Å². The highest BCUT2D eigenvalue weighted by Crippen LogP contribution is 2.22. The van der Waals surface area contributed by atoms with Crippen molar-refractivity contribution in [1.29, 1.82) is 0 Å². The van der Waals surface area contributed by atoms with Gasteiger partial charge in [0.1, 0.15) is 0 Å². The van der Waals surface area contributed by atoms with Crippen LogP contribution in [0, 0.1) is 13.8 Å². The maximum absolute atomic E-state index is 13.1. The Bertz CT molecular complexity index is 1270. The highest BCUT2D eigenvalue weighted by molar-refractivity contribution is 6.33. The second kappa shape index (κ2) is 11.3. The van der Waals surface area contributed by atoms with Gasteiger partial charge in [-0.15, -0.1) is 0 Å². The van der Waals surface area contributed by atoms with Crippen LogP contribution in [0.5, 0.6) is 0 Å². The largest absolute Gasteiger partial charge is 0.478 e. The van der Waals surface area contributed by atoms with Gasteiger partial charge in [0.05, 0.1) is 21.8 Å². The van der Waals surface area contributed by atoms with Crippen molar-refractivity contribution in [3.05, 3.63) is 100 Å². The summed E-state index contributed by atoms with van der Waals surface area (Å²) in [6.45, 7) is 3.50. The van der Waals surface area contributed by atoms with Gasteiger partial charge >= 0.3 is 17.9 Å². The Kier molecular flexibility index (Phi) is 8.22. The molecule has 0 heterocycles. The second-order valence-corrected chi connectivity index (χ2v) is 8.11. The Morgan fingerprint density at radius 1 is 0.771 bits per heavy atom. The number of nitrogens with one attached hydrogen (secondary N) is 1. The van der Waals surface area contributed by atoms with Crippen LogP contribution in [0.25, 0.3) is 0 Å². The lowest BCUT2D eigenvalue weighted by Gasteiger charge is -2.24. The Labute approximate surface area is 206 Å². The van der Waals surface area contributed by atoms with Crippen LogP contribution < -0.4 is 5.32 Å². The van der Waals surface area contributed by atoms with Crippen LogP contribution in [0.4, 0.5) is 5.69 Å². The third-order valence-electron chi connectivity index (χ3n) is 4.88. The van der Waals surface area contributed by atoms with Crippen molar-refractivity contribution in [2.45, 2.75) is 26.1 Å². The predicted molar refractivity (Wildman–Crippen MR) is 128 cm³/mol. The first-order valence-corrected chi connectivity index (χ1v) is 10.9. The van der Waals surface area contributed by atoms with E-state index in [1.54, 1.807) is 50.2 Å². The molecule has 180 valence electrons. The number of amides is 1. The molecule has 0 aliphatic heterocycles. The fourth-order valence-corrected chi connectivity index (χ4v) is 3.35. The number of aryl methyl sites for hydroxylation is 2. The van der Waals surface area contributed by atoms with E-state index in [4.69, 9.17) is 21.1 Å². The van der Waals surface area contributed by atoms with Gasteiger partial charge in [-0.3, -0.25) is 4.79 Å². The molecule has 1 amide bonds. The molecule has 0 saturated carbocycles. The van der Waals surface area contributed by atoms with Crippen LogP contribution in [0.2, 0.25) is 5.02 Å². The standard InChI is InChI=1S/C26H22ClNO7/c1-15-7-5-9-17(13-15)25(32)34-21(23(29)28-20-12-4-3-11-19(20)27)22(24(30)31)35-26(33)18-10-6-8-16(2)14-18/h3-14,21-22H,1-2H3,(H,28,29)(H,30,31)/t21-,22+/m0/s1. The lowest BCUT2D eigenvalue weighted by molar-refractivity contribution is -0.157. The number of carbonyl (C=O) groups excluding carboxylic acids is 3. The summed E-state index contributed by atoms with van der Waals surface area (Å²) in [6, 6.07) is 18.8. The molecule has 0 unspecified atom stereocenters. The molecule has 0 bridgehead atoms. The van der Waals surface area contributed by atoms with E-state index in [0.717, 1.165) is 11.1 Å². The number of hydrogen-bond donors (Lipinski definition) is 2. The lowest BCUT2D eigenvalue weighted by atomic mass is 10.1. The number of halogens is 1. The number of hydrogen-bond acceptors (Lipinski definition) is 6. The molecule has 3 rings (SSSR count). The van der Waals surface area contributed by atoms with Crippen molar-refractivity contribution in [2.75, 3.05) is 5.32 Å². The molecule has 0 radical (unpaired) electrons. The summed E-state index contributed by atoms with van der Waals surface area (Å²) in [5.41, 5.74) is 1.81. The third kappa shape index (κ3) is 6.68. The first-order valence-electron chi connectivity index (χ1n) is 10.5. The molecule has 0 aliphatic carbocycles. The van der Waals surface area contributed by atoms with E-state index < -0.39 is 36.0 Å². The molecule has 2 N–H and O–H groups in total. The highest BCUT2D eigenvalue weighted by Gasteiger charge is 2.41. The van der Waals surface area contributed by atoms with E-state index in [0.29, 0.717) is 0 Å². The second-order valence-electron chi connectivity index (χ2n) is 7.70. The van der Waals surface area contributed by atoms with Crippen molar-refractivity contribution in [3.63, 3.8) is 0 Å². The maximum Gasteiger partial charge on any atom is 0.349 e. The van der Waals surface area contributed by atoms with Crippen LogP contribution >= 0.6 is 11.6 Å². The Hall–Kier alpha value is -4.17. The van der Waals surface area contributed by atoms with E-state index in [1.807, 2.05) is 0 Å². The van der Waals surface area contributed by atoms with Gasteiger partial charge in [-0.05, 0) is 50.2 Å². The van der Waals surface area contributed by atoms with E-state index in [1.165, 1.54) is 36.4 Å². The smallest absolute Gasteiger partial charge is 0.349 e.